The summed E-state index contributed by atoms with van der Waals surface area (Å²) in [6, 6.07) is 2.60. The number of hydrogen-bond acceptors (Lipinski definition) is 7. The summed E-state index contributed by atoms with van der Waals surface area (Å²) in [6.45, 7) is 4.21. The maximum absolute atomic E-state index is 14.5. The Morgan fingerprint density at radius 2 is 2.04 bits per heavy atom. The van der Waals surface area contributed by atoms with Gasteiger partial charge in [-0.1, -0.05) is 6.92 Å². The molecule has 2 rings (SSSR count). The van der Waals surface area contributed by atoms with E-state index in [9.17, 15) is 14.3 Å². The molecule has 0 bridgehead atoms. The van der Waals surface area contributed by atoms with E-state index in [0.29, 0.717) is 12.2 Å². The third-order valence-electron chi connectivity index (χ3n) is 3.44. The summed E-state index contributed by atoms with van der Waals surface area (Å²) in [5, 5.41) is 30.1. The first-order valence-corrected chi connectivity index (χ1v) is 7.64. The van der Waals surface area contributed by atoms with Crippen molar-refractivity contribution in [1.29, 1.82) is 0 Å². The number of hydrogen-bond donors (Lipinski definition) is 4. The highest BCUT2D eigenvalue weighted by molar-refractivity contribution is 5.89. The molecule has 0 unspecified atom stereocenters. The fourth-order valence-electron chi connectivity index (χ4n) is 2.12. The van der Waals surface area contributed by atoms with E-state index in [1.54, 1.807) is 6.92 Å². The van der Waals surface area contributed by atoms with Crippen LogP contribution in [0.2, 0.25) is 0 Å². The summed E-state index contributed by atoms with van der Waals surface area (Å²) in [7, 11) is 0. The lowest BCUT2D eigenvalue weighted by Crippen LogP contribution is -2.39. The average Bonchev–Trinajstić information content (AvgIpc) is 2.52. The number of halogens is 1. The second kappa shape index (κ2) is 7.16. The van der Waals surface area contributed by atoms with E-state index >= 15 is 0 Å². The van der Waals surface area contributed by atoms with E-state index in [0.717, 1.165) is 6.07 Å². The van der Waals surface area contributed by atoms with Gasteiger partial charge >= 0.3 is 5.97 Å². The van der Waals surface area contributed by atoms with Crippen molar-refractivity contribution in [2.24, 2.45) is 0 Å². The first kappa shape index (κ1) is 18.8. The van der Waals surface area contributed by atoms with Crippen LogP contribution in [0, 0.1) is 5.82 Å². The number of aryl methyl sites for hydroxylation is 1. The number of rotatable bonds is 7. The Hall–Kier alpha value is -2.52. The minimum absolute atomic E-state index is 0.00737. The van der Waals surface area contributed by atoms with Crippen molar-refractivity contribution in [3.05, 3.63) is 23.8 Å². The van der Waals surface area contributed by atoms with Crippen molar-refractivity contribution in [2.45, 2.75) is 39.0 Å². The highest BCUT2D eigenvalue weighted by Gasteiger charge is 2.27. The zero-order valence-electron chi connectivity index (χ0n) is 14.1. The molecular formula is C16H20FN3O5. The topological polar surface area (TPSA) is 125 Å². The van der Waals surface area contributed by atoms with Gasteiger partial charge in [-0.2, -0.15) is 4.98 Å². The quantitative estimate of drug-likeness (QED) is 0.549. The number of anilines is 1. The highest BCUT2D eigenvalue weighted by Crippen LogP contribution is 2.30. The lowest BCUT2D eigenvalue weighted by atomic mass is 10.1. The standard InChI is InChI=1S/C16H20FN3O5/c1-4-11-18-13-9(14(19-11)25-7-12(21)22)5-8(6-10(13)17)20-16(2,3)15(23)24/h5-6,12,20-22H,4,7H2,1-3H3,(H,23,24). The van der Waals surface area contributed by atoms with Crippen molar-refractivity contribution < 1.29 is 29.2 Å². The number of carboxylic acids is 1. The van der Waals surface area contributed by atoms with E-state index in [-0.39, 0.29) is 22.5 Å². The predicted octanol–water partition coefficient (Wildman–Crippen LogP) is 1.30. The Morgan fingerprint density at radius 3 is 2.60 bits per heavy atom. The van der Waals surface area contributed by atoms with Crippen LogP contribution in [0.25, 0.3) is 10.9 Å². The Balaban J connectivity index is 2.55. The minimum Gasteiger partial charge on any atom is -0.480 e. The molecule has 25 heavy (non-hydrogen) atoms. The van der Waals surface area contributed by atoms with Crippen LogP contribution in [-0.2, 0) is 11.2 Å². The van der Waals surface area contributed by atoms with Crippen LogP contribution in [-0.4, -0.2) is 49.7 Å². The molecule has 0 amide bonds. The Bertz CT molecular complexity index is 795. The number of carbonyl (C=O) groups is 1. The second-order valence-electron chi connectivity index (χ2n) is 6.00. The van der Waals surface area contributed by atoms with Gasteiger partial charge in [0.25, 0.3) is 0 Å². The number of ether oxygens (including phenoxy) is 1. The summed E-state index contributed by atoms with van der Waals surface area (Å²) in [5.41, 5.74) is -1.11. The molecule has 0 aliphatic heterocycles. The normalized spacial score (nSPS) is 11.8. The van der Waals surface area contributed by atoms with Crippen LogP contribution in [0.5, 0.6) is 5.88 Å². The molecule has 0 saturated heterocycles. The van der Waals surface area contributed by atoms with Crippen LogP contribution in [0.4, 0.5) is 10.1 Å². The van der Waals surface area contributed by atoms with Crippen LogP contribution >= 0.6 is 0 Å². The van der Waals surface area contributed by atoms with Gasteiger partial charge in [-0.05, 0) is 26.0 Å². The lowest BCUT2D eigenvalue weighted by molar-refractivity contribution is -0.141. The molecule has 0 aliphatic carbocycles. The van der Waals surface area contributed by atoms with Crippen molar-refractivity contribution in [3.8, 4) is 5.88 Å². The number of aliphatic hydroxyl groups excluding tert-OH is 1. The maximum atomic E-state index is 14.5. The van der Waals surface area contributed by atoms with Crippen LogP contribution in [0.3, 0.4) is 0 Å². The molecular weight excluding hydrogens is 333 g/mol. The molecule has 1 aromatic carbocycles. The number of aliphatic carboxylic acids is 1. The van der Waals surface area contributed by atoms with E-state index in [1.807, 2.05) is 0 Å². The summed E-state index contributed by atoms with van der Waals surface area (Å²) in [5.74, 6) is -1.45. The smallest absolute Gasteiger partial charge is 0.328 e. The Kier molecular flexibility index (Phi) is 5.39. The fraction of sp³-hybridized carbons (Fsp3) is 0.438. The van der Waals surface area contributed by atoms with Crippen molar-refractivity contribution in [2.75, 3.05) is 11.9 Å². The fourth-order valence-corrected chi connectivity index (χ4v) is 2.12. The van der Waals surface area contributed by atoms with Gasteiger partial charge < -0.3 is 25.4 Å². The SMILES string of the molecule is CCc1nc(OCC(O)O)c2cc(NC(C)(C)C(=O)O)cc(F)c2n1. The van der Waals surface area contributed by atoms with E-state index in [4.69, 9.17) is 14.9 Å². The number of benzene rings is 1. The average molecular weight is 353 g/mol. The first-order valence-electron chi connectivity index (χ1n) is 7.64. The van der Waals surface area contributed by atoms with E-state index < -0.39 is 30.2 Å². The largest absolute Gasteiger partial charge is 0.480 e. The molecule has 0 aliphatic rings. The van der Waals surface area contributed by atoms with Crippen LogP contribution in [0.1, 0.15) is 26.6 Å². The third kappa shape index (κ3) is 4.31. The van der Waals surface area contributed by atoms with Crippen LogP contribution < -0.4 is 10.1 Å². The number of carboxylic acid groups (broad SMARTS) is 1. The molecule has 4 N–H and O–H groups in total. The van der Waals surface area contributed by atoms with Gasteiger partial charge in [0.2, 0.25) is 5.88 Å². The first-order chi connectivity index (χ1) is 11.6. The zero-order chi connectivity index (χ0) is 18.8. The monoisotopic (exact) mass is 353 g/mol. The molecule has 8 nitrogen and oxygen atoms in total. The van der Waals surface area contributed by atoms with Gasteiger partial charge in [0.1, 0.15) is 23.5 Å². The van der Waals surface area contributed by atoms with Gasteiger partial charge in [-0.3, -0.25) is 0 Å². The highest BCUT2D eigenvalue weighted by atomic mass is 19.1. The maximum Gasteiger partial charge on any atom is 0.328 e. The van der Waals surface area contributed by atoms with Gasteiger partial charge in [0, 0.05) is 12.1 Å². The molecule has 0 saturated carbocycles. The van der Waals surface area contributed by atoms with Gasteiger partial charge in [0.15, 0.2) is 12.1 Å². The molecule has 0 spiro atoms. The summed E-state index contributed by atoms with van der Waals surface area (Å²) in [4.78, 5) is 19.5. The number of aromatic nitrogens is 2. The predicted molar refractivity (Wildman–Crippen MR) is 87.9 cm³/mol. The molecule has 0 radical (unpaired) electrons. The Labute approximate surface area is 143 Å². The van der Waals surface area contributed by atoms with Crippen molar-refractivity contribution >= 4 is 22.6 Å². The molecule has 136 valence electrons. The number of nitrogens with zero attached hydrogens (tertiary/aromatic N) is 2. The van der Waals surface area contributed by atoms with Gasteiger partial charge in [-0.25, -0.2) is 14.2 Å². The van der Waals surface area contributed by atoms with Crippen molar-refractivity contribution in [3.63, 3.8) is 0 Å². The van der Waals surface area contributed by atoms with E-state index in [2.05, 4.69) is 15.3 Å². The number of fused-ring (bicyclic) bond motifs is 1. The summed E-state index contributed by atoms with van der Waals surface area (Å²) in [6.07, 6.45) is -1.29. The summed E-state index contributed by atoms with van der Waals surface area (Å²) < 4.78 is 19.7. The van der Waals surface area contributed by atoms with Gasteiger partial charge in [0.05, 0.1) is 5.39 Å². The molecule has 2 aromatic rings. The molecule has 1 heterocycles. The van der Waals surface area contributed by atoms with Crippen LogP contribution in [0.15, 0.2) is 12.1 Å². The molecule has 0 atom stereocenters. The molecule has 1 aromatic heterocycles. The third-order valence-corrected chi connectivity index (χ3v) is 3.44. The number of nitrogens with one attached hydrogen (secondary N) is 1. The van der Waals surface area contributed by atoms with E-state index in [1.165, 1.54) is 19.9 Å². The Morgan fingerprint density at radius 1 is 1.36 bits per heavy atom. The second-order valence-corrected chi connectivity index (χ2v) is 6.00. The minimum atomic E-state index is -1.72. The van der Waals surface area contributed by atoms with Gasteiger partial charge in [-0.15, -0.1) is 0 Å². The zero-order valence-corrected chi connectivity index (χ0v) is 14.1. The lowest BCUT2D eigenvalue weighted by Gasteiger charge is -2.23. The molecule has 0 fully saturated rings. The molecule has 9 heteroatoms. The van der Waals surface area contributed by atoms with Crippen molar-refractivity contribution in [1.82, 2.24) is 9.97 Å². The number of aliphatic hydroxyl groups is 2. The summed E-state index contributed by atoms with van der Waals surface area (Å²) >= 11 is 0.